The lowest BCUT2D eigenvalue weighted by Gasteiger charge is -2.41. The topological polar surface area (TPSA) is 245 Å². The maximum atomic E-state index is 14.7. The Morgan fingerprint density at radius 3 is 2.09 bits per heavy atom. The van der Waals surface area contributed by atoms with Crippen molar-refractivity contribution >= 4 is 47.3 Å². The predicted octanol–water partition coefficient (Wildman–Crippen LogP) is 5.11. The SMILES string of the molecule is CCC(C)C(C(CC(=O)N1CCC[C@H]1C(OC)C(C)C(=O)NC(Cc1ccccc1)C(=O)O)OC)N(C)C(=O)C(NC(=O)C(C(C)C)N(C)C(=O)CCCCCN1C(=O)C=C(Oc2ccc(C#N)cc2)C1=O)C(C)C. The summed E-state index contributed by atoms with van der Waals surface area (Å²) in [6.07, 6.45) is 2.92. The number of nitrogens with zero attached hydrogens (tertiary/aromatic N) is 5. The number of carbonyl (C=O) groups is 8. The summed E-state index contributed by atoms with van der Waals surface area (Å²) in [5.41, 5.74) is 1.18. The third kappa shape index (κ3) is 16.2. The number of carboxylic acid groups (broad SMARTS) is 1. The van der Waals surface area contributed by atoms with Crippen LogP contribution in [0.5, 0.6) is 5.75 Å². The molecule has 8 unspecified atom stereocenters. The van der Waals surface area contributed by atoms with Crippen LogP contribution in [0.25, 0.3) is 0 Å². The number of likely N-dealkylation sites (N-methyl/N-ethyl adjacent to an activating group) is 2. The molecule has 0 bridgehead atoms. The van der Waals surface area contributed by atoms with Gasteiger partial charge in [-0.3, -0.25) is 38.5 Å². The minimum atomic E-state index is -1.17. The standard InChI is InChI=1S/C56H79N7O12/c1-12-36(6)50(43(73-10)31-46(65)62-29-19-22-42(62)51(74-11)37(7)52(67)58-41(56(71)72)30-38-20-15-13-16-21-38)61(9)55(70)48(34(2)3)59-53(68)49(35(4)5)60(8)45(64)23-17-14-18-28-63-47(66)32-44(54(63)69)75-40-26-24-39(33-57)25-27-40/h13,15-16,20-21,24-27,32,34-37,41-43,48-51H,12,14,17-19,22-23,28-31H2,1-11H3,(H,58,67)(H,59,68)(H,71,72)/t36?,37?,41?,42-,43?,48?,49?,50?,51?/m0/s1. The molecule has 1 saturated heterocycles. The molecular formula is C56H79N7O12. The van der Waals surface area contributed by atoms with Gasteiger partial charge in [0, 0.05) is 54.2 Å². The summed E-state index contributed by atoms with van der Waals surface area (Å²) >= 11 is 0. The van der Waals surface area contributed by atoms with Gasteiger partial charge in [0.15, 0.2) is 5.76 Å². The van der Waals surface area contributed by atoms with E-state index in [0.717, 1.165) is 16.5 Å². The first kappa shape index (κ1) is 60.9. The second kappa shape index (κ2) is 28.9. The van der Waals surface area contributed by atoms with Crippen LogP contribution in [0.1, 0.15) is 111 Å². The molecule has 0 spiro atoms. The number of nitrogens with one attached hydrogen (secondary N) is 2. The van der Waals surface area contributed by atoms with Crippen LogP contribution in [0.4, 0.5) is 0 Å². The van der Waals surface area contributed by atoms with Gasteiger partial charge in [-0.05, 0) is 73.3 Å². The second-order valence-electron chi connectivity index (χ2n) is 20.5. The molecule has 0 radical (unpaired) electrons. The van der Waals surface area contributed by atoms with Gasteiger partial charge in [0.05, 0.1) is 54.3 Å². The Hall–Kier alpha value is -6.65. The van der Waals surface area contributed by atoms with E-state index in [-0.39, 0.29) is 61.1 Å². The van der Waals surface area contributed by atoms with Crippen LogP contribution >= 0.6 is 0 Å². The van der Waals surface area contributed by atoms with Gasteiger partial charge in [-0.2, -0.15) is 5.26 Å². The van der Waals surface area contributed by atoms with E-state index in [1.807, 2.05) is 53.7 Å². The first-order chi connectivity index (χ1) is 35.6. The molecule has 2 aliphatic heterocycles. The summed E-state index contributed by atoms with van der Waals surface area (Å²) in [5, 5.41) is 24.6. The van der Waals surface area contributed by atoms with Crippen LogP contribution in [0.2, 0.25) is 0 Å². The molecule has 410 valence electrons. The number of carbonyl (C=O) groups excluding carboxylic acids is 7. The molecule has 2 aliphatic rings. The molecule has 0 saturated carbocycles. The highest BCUT2D eigenvalue weighted by Crippen LogP contribution is 2.30. The average Bonchev–Trinajstić information content (AvgIpc) is 3.97. The largest absolute Gasteiger partial charge is 0.480 e. The van der Waals surface area contributed by atoms with Crippen molar-refractivity contribution in [2.45, 2.75) is 149 Å². The van der Waals surface area contributed by atoms with E-state index in [9.17, 15) is 43.5 Å². The van der Waals surface area contributed by atoms with Gasteiger partial charge in [0.1, 0.15) is 23.9 Å². The molecule has 3 N–H and O–H groups in total. The highest BCUT2D eigenvalue weighted by atomic mass is 16.5. The summed E-state index contributed by atoms with van der Waals surface area (Å²) in [7, 11) is 6.17. The number of rotatable bonds is 29. The minimum Gasteiger partial charge on any atom is -0.480 e. The van der Waals surface area contributed by atoms with Gasteiger partial charge in [-0.1, -0.05) is 91.6 Å². The Morgan fingerprint density at radius 2 is 1.52 bits per heavy atom. The number of amides is 7. The summed E-state index contributed by atoms with van der Waals surface area (Å²) in [6, 6.07) is 13.0. The average molecular weight is 1040 g/mol. The van der Waals surface area contributed by atoms with Crippen molar-refractivity contribution in [3.8, 4) is 11.8 Å². The van der Waals surface area contributed by atoms with Gasteiger partial charge in [0.2, 0.25) is 29.5 Å². The molecule has 0 aliphatic carbocycles. The minimum absolute atomic E-state index is 0.0938. The molecule has 2 aromatic rings. The van der Waals surface area contributed by atoms with Crippen LogP contribution in [0, 0.1) is 35.0 Å². The van der Waals surface area contributed by atoms with Crippen LogP contribution < -0.4 is 15.4 Å². The predicted molar refractivity (Wildman–Crippen MR) is 279 cm³/mol. The maximum Gasteiger partial charge on any atom is 0.326 e. The molecule has 19 heteroatoms. The third-order valence-corrected chi connectivity index (χ3v) is 14.6. The summed E-state index contributed by atoms with van der Waals surface area (Å²) in [4.78, 5) is 114. The molecule has 7 amide bonds. The molecule has 4 rings (SSSR count). The first-order valence-corrected chi connectivity index (χ1v) is 26.1. The van der Waals surface area contributed by atoms with E-state index < -0.39 is 83.8 Å². The summed E-state index contributed by atoms with van der Waals surface area (Å²) < 4.78 is 17.5. The van der Waals surface area contributed by atoms with Gasteiger partial charge in [0.25, 0.3) is 11.8 Å². The van der Waals surface area contributed by atoms with E-state index in [1.54, 1.807) is 67.2 Å². The van der Waals surface area contributed by atoms with E-state index in [1.165, 1.54) is 31.3 Å². The van der Waals surface area contributed by atoms with Crippen molar-refractivity contribution in [2.75, 3.05) is 41.4 Å². The zero-order valence-corrected chi connectivity index (χ0v) is 45.6. The van der Waals surface area contributed by atoms with Crippen molar-refractivity contribution in [3.05, 3.63) is 77.6 Å². The number of likely N-dealkylation sites (tertiary alicyclic amines) is 1. The lowest BCUT2D eigenvalue weighted by molar-refractivity contribution is -0.149. The van der Waals surface area contributed by atoms with Crippen molar-refractivity contribution < 1.29 is 57.7 Å². The number of aliphatic carboxylic acids is 1. The van der Waals surface area contributed by atoms with Gasteiger partial charge < -0.3 is 44.7 Å². The molecule has 19 nitrogen and oxygen atoms in total. The fraction of sp³-hybridized carbons (Fsp3) is 0.589. The fourth-order valence-electron chi connectivity index (χ4n) is 10.1. The smallest absolute Gasteiger partial charge is 0.326 e. The van der Waals surface area contributed by atoms with E-state index >= 15 is 0 Å². The van der Waals surface area contributed by atoms with Crippen molar-refractivity contribution in [2.24, 2.45) is 23.7 Å². The lowest BCUT2D eigenvalue weighted by atomic mass is 9.89. The normalized spacial score (nSPS) is 17.8. The van der Waals surface area contributed by atoms with Gasteiger partial charge in [-0.25, -0.2) is 4.79 Å². The number of carboxylic acids is 1. The monoisotopic (exact) mass is 1040 g/mol. The van der Waals surface area contributed by atoms with Crippen LogP contribution in [-0.4, -0.2) is 156 Å². The van der Waals surface area contributed by atoms with Crippen molar-refractivity contribution in [3.63, 3.8) is 0 Å². The van der Waals surface area contributed by atoms with E-state index in [2.05, 4.69) is 10.6 Å². The number of benzene rings is 2. The van der Waals surface area contributed by atoms with E-state index in [0.29, 0.717) is 56.4 Å². The first-order valence-electron chi connectivity index (χ1n) is 26.1. The number of unbranched alkanes of at least 4 members (excludes halogenated alkanes) is 2. The zero-order valence-electron chi connectivity index (χ0n) is 45.6. The quantitative estimate of drug-likeness (QED) is 0.0710. The Kier molecular flexibility index (Phi) is 23.4. The molecule has 2 aromatic carbocycles. The van der Waals surface area contributed by atoms with Crippen LogP contribution in [-0.2, 0) is 54.3 Å². The maximum absolute atomic E-state index is 14.7. The zero-order chi connectivity index (χ0) is 55.7. The third-order valence-electron chi connectivity index (χ3n) is 14.6. The Balaban J connectivity index is 1.36. The second-order valence-corrected chi connectivity index (χ2v) is 20.5. The van der Waals surface area contributed by atoms with E-state index in [4.69, 9.17) is 19.5 Å². The summed E-state index contributed by atoms with van der Waals surface area (Å²) in [5.74, 6) is -5.67. The van der Waals surface area contributed by atoms with Gasteiger partial charge >= 0.3 is 5.97 Å². The fourth-order valence-corrected chi connectivity index (χ4v) is 10.1. The molecule has 75 heavy (non-hydrogen) atoms. The molecular weight excluding hydrogens is 963 g/mol. The van der Waals surface area contributed by atoms with Gasteiger partial charge in [-0.15, -0.1) is 0 Å². The molecule has 2 heterocycles. The molecule has 0 aromatic heterocycles. The highest BCUT2D eigenvalue weighted by molar-refractivity contribution is 6.15. The highest BCUT2D eigenvalue weighted by Gasteiger charge is 2.44. The lowest BCUT2D eigenvalue weighted by Crippen LogP contribution is -2.60. The number of hydrogen-bond acceptors (Lipinski definition) is 12. The number of ether oxygens (including phenoxy) is 3. The summed E-state index contributed by atoms with van der Waals surface area (Å²) in [6.45, 7) is 13.4. The number of imide groups is 1. The Morgan fingerprint density at radius 1 is 0.853 bits per heavy atom. The molecule has 9 atom stereocenters. The van der Waals surface area contributed by atoms with Crippen molar-refractivity contribution in [1.82, 2.24) is 30.2 Å². The number of hydrogen-bond donors (Lipinski definition) is 3. The number of methoxy groups -OCH3 is 2. The van der Waals surface area contributed by atoms with Crippen LogP contribution in [0.15, 0.2) is 66.4 Å². The Labute approximate surface area is 442 Å². The van der Waals surface area contributed by atoms with Crippen LogP contribution in [0.3, 0.4) is 0 Å². The Bertz CT molecular complexity index is 2370. The van der Waals surface area contributed by atoms with Crippen molar-refractivity contribution in [1.29, 1.82) is 5.26 Å². The number of nitriles is 1. The molecule has 1 fully saturated rings.